The molecule has 1 aliphatic heterocycles. The Morgan fingerprint density at radius 3 is 2.86 bits per heavy atom. The molecule has 1 aliphatic rings. The Balaban J connectivity index is 1.67. The lowest BCUT2D eigenvalue weighted by molar-refractivity contribution is 0.0724. The molecule has 1 aromatic carbocycles. The summed E-state index contributed by atoms with van der Waals surface area (Å²) in [7, 11) is 0. The van der Waals surface area contributed by atoms with Crippen molar-refractivity contribution >= 4 is 16.9 Å². The average Bonchev–Trinajstić information content (AvgIpc) is 3.21. The van der Waals surface area contributed by atoms with Gasteiger partial charge in [-0.3, -0.25) is 9.78 Å². The Bertz CT molecular complexity index is 779. The van der Waals surface area contributed by atoms with Crippen LogP contribution in [0.2, 0.25) is 0 Å². The predicted octanol–water partition coefficient (Wildman–Crippen LogP) is 2.94. The van der Waals surface area contributed by atoms with Crippen LogP contribution >= 0.6 is 0 Å². The molecule has 5 heteroatoms. The first kappa shape index (κ1) is 13.0. The molecule has 22 heavy (non-hydrogen) atoms. The molecular weight excluding hydrogens is 276 g/mol. The quantitative estimate of drug-likeness (QED) is 0.790. The van der Waals surface area contributed by atoms with Gasteiger partial charge in [0, 0.05) is 12.7 Å². The number of hydrogen-bond donors (Lipinski definition) is 1. The molecule has 0 spiro atoms. The first-order valence-corrected chi connectivity index (χ1v) is 7.49. The van der Waals surface area contributed by atoms with Crippen molar-refractivity contribution in [3.63, 3.8) is 0 Å². The molecule has 1 N–H and O–H groups in total. The number of pyridine rings is 1. The van der Waals surface area contributed by atoms with E-state index in [1.165, 1.54) is 0 Å². The monoisotopic (exact) mass is 292 g/mol. The van der Waals surface area contributed by atoms with E-state index >= 15 is 0 Å². The zero-order valence-electron chi connectivity index (χ0n) is 12.1. The van der Waals surface area contributed by atoms with Gasteiger partial charge in [-0.2, -0.15) is 0 Å². The normalized spacial score (nSPS) is 18.0. The van der Waals surface area contributed by atoms with Crippen molar-refractivity contribution in [2.75, 3.05) is 6.54 Å². The maximum Gasteiger partial charge on any atom is 0.273 e. The number of benzene rings is 1. The van der Waals surface area contributed by atoms with Crippen molar-refractivity contribution in [3.8, 4) is 0 Å². The molecule has 1 unspecified atom stereocenters. The third-order valence-corrected chi connectivity index (χ3v) is 4.12. The molecule has 3 aromatic rings. The smallest absolute Gasteiger partial charge is 0.273 e. The van der Waals surface area contributed by atoms with Gasteiger partial charge in [-0.25, -0.2) is 4.98 Å². The van der Waals surface area contributed by atoms with Gasteiger partial charge in [0.2, 0.25) is 0 Å². The fraction of sp³-hybridized carbons (Fsp3) is 0.235. The number of imidazole rings is 1. The highest BCUT2D eigenvalue weighted by atomic mass is 16.2. The van der Waals surface area contributed by atoms with Gasteiger partial charge in [-0.15, -0.1) is 0 Å². The second-order valence-corrected chi connectivity index (χ2v) is 5.51. The minimum Gasteiger partial charge on any atom is -0.340 e. The summed E-state index contributed by atoms with van der Waals surface area (Å²) in [6.07, 6.45) is 3.57. The Morgan fingerprint density at radius 1 is 1.18 bits per heavy atom. The molecule has 0 bridgehead atoms. The fourth-order valence-electron chi connectivity index (χ4n) is 3.06. The van der Waals surface area contributed by atoms with Gasteiger partial charge in [-0.05, 0) is 37.1 Å². The molecule has 0 aliphatic carbocycles. The van der Waals surface area contributed by atoms with Crippen LogP contribution in [0.25, 0.3) is 11.0 Å². The van der Waals surface area contributed by atoms with Crippen LogP contribution in [-0.2, 0) is 0 Å². The molecule has 1 amide bonds. The number of carbonyl (C=O) groups excluding carboxylic acids is 1. The van der Waals surface area contributed by atoms with E-state index in [1.54, 1.807) is 12.3 Å². The van der Waals surface area contributed by atoms with Crippen LogP contribution in [0.5, 0.6) is 0 Å². The highest BCUT2D eigenvalue weighted by molar-refractivity contribution is 5.92. The SMILES string of the molecule is O=C(c1ccccn1)N1CCCC1c1nc2ccccc2[nH]1. The Kier molecular flexibility index (Phi) is 3.11. The summed E-state index contributed by atoms with van der Waals surface area (Å²) in [4.78, 5) is 26.7. The highest BCUT2D eigenvalue weighted by Gasteiger charge is 2.33. The van der Waals surface area contributed by atoms with Crippen molar-refractivity contribution in [2.45, 2.75) is 18.9 Å². The predicted molar refractivity (Wildman–Crippen MR) is 83.3 cm³/mol. The molecule has 1 saturated heterocycles. The van der Waals surface area contributed by atoms with Gasteiger partial charge in [0.25, 0.3) is 5.91 Å². The van der Waals surface area contributed by atoms with Crippen LogP contribution in [0.1, 0.15) is 35.2 Å². The van der Waals surface area contributed by atoms with Crippen molar-refractivity contribution in [1.29, 1.82) is 0 Å². The molecule has 2 aromatic heterocycles. The van der Waals surface area contributed by atoms with Crippen molar-refractivity contribution in [1.82, 2.24) is 19.9 Å². The number of likely N-dealkylation sites (tertiary alicyclic amines) is 1. The zero-order valence-corrected chi connectivity index (χ0v) is 12.1. The van der Waals surface area contributed by atoms with E-state index in [0.29, 0.717) is 5.69 Å². The minimum atomic E-state index is -0.0245. The number of nitrogens with zero attached hydrogens (tertiary/aromatic N) is 3. The van der Waals surface area contributed by atoms with Crippen LogP contribution in [-0.4, -0.2) is 32.3 Å². The molecule has 4 rings (SSSR count). The van der Waals surface area contributed by atoms with E-state index in [4.69, 9.17) is 0 Å². The van der Waals surface area contributed by atoms with Crippen LogP contribution < -0.4 is 0 Å². The number of hydrogen-bond acceptors (Lipinski definition) is 3. The first-order valence-electron chi connectivity index (χ1n) is 7.49. The lowest BCUT2D eigenvalue weighted by Gasteiger charge is -2.22. The first-order chi connectivity index (χ1) is 10.8. The fourth-order valence-corrected chi connectivity index (χ4v) is 3.06. The number of amides is 1. The van der Waals surface area contributed by atoms with E-state index < -0.39 is 0 Å². The third-order valence-electron chi connectivity index (χ3n) is 4.12. The van der Waals surface area contributed by atoms with E-state index in [1.807, 2.05) is 41.3 Å². The minimum absolute atomic E-state index is 0.00176. The van der Waals surface area contributed by atoms with Gasteiger partial charge in [0.1, 0.15) is 11.5 Å². The van der Waals surface area contributed by atoms with Gasteiger partial charge in [0.05, 0.1) is 17.1 Å². The largest absolute Gasteiger partial charge is 0.340 e. The number of H-pyrrole nitrogens is 1. The molecule has 0 saturated carbocycles. The molecular formula is C17H16N4O. The van der Waals surface area contributed by atoms with Crippen molar-refractivity contribution in [3.05, 3.63) is 60.2 Å². The zero-order chi connectivity index (χ0) is 14.9. The lowest BCUT2D eigenvalue weighted by atomic mass is 10.2. The molecule has 1 fully saturated rings. The third kappa shape index (κ3) is 2.15. The van der Waals surface area contributed by atoms with Gasteiger partial charge in [0.15, 0.2) is 0 Å². The van der Waals surface area contributed by atoms with Crippen molar-refractivity contribution in [2.24, 2.45) is 0 Å². The molecule has 5 nitrogen and oxygen atoms in total. The van der Waals surface area contributed by atoms with Gasteiger partial charge >= 0.3 is 0 Å². The number of aromatic amines is 1. The lowest BCUT2D eigenvalue weighted by Crippen LogP contribution is -2.31. The average molecular weight is 292 g/mol. The number of carbonyl (C=O) groups is 1. The topological polar surface area (TPSA) is 61.9 Å². The summed E-state index contributed by atoms with van der Waals surface area (Å²) in [5, 5.41) is 0. The number of fused-ring (bicyclic) bond motifs is 1. The second-order valence-electron chi connectivity index (χ2n) is 5.51. The number of nitrogens with one attached hydrogen (secondary N) is 1. The summed E-state index contributed by atoms with van der Waals surface area (Å²) in [6.45, 7) is 0.747. The maximum atomic E-state index is 12.7. The Morgan fingerprint density at radius 2 is 2.05 bits per heavy atom. The molecule has 1 atom stereocenters. The van der Waals surface area contributed by atoms with E-state index in [9.17, 15) is 4.79 Å². The summed E-state index contributed by atoms with van der Waals surface area (Å²) < 4.78 is 0. The Hall–Kier alpha value is -2.69. The number of aromatic nitrogens is 3. The van der Waals surface area contributed by atoms with Crippen LogP contribution in [0.3, 0.4) is 0 Å². The summed E-state index contributed by atoms with van der Waals surface area (Å²) in [5.74, 6) is 0.839. The van der Waals surface area contributed by atoms with Gasteiger partial charge in [-0.1, -0.05) is 18.2 Å². The summed E-state index contributed by atoms with van der Waals surface area (Å²) >= 11 is 0. The second kappa shape index (κ2) is 5.26. The standard InChI is InChI=1S/C17H16N4O/c22-17(14-8-3-4-10-18-14)21-11-5-9-15(21)16-19-12-6-1-2-7-13(12)20-16/h1-4,6-8,10,15H,5,9,11H2,(H,19,20). The molecule has 0 radical (unpaired) electrons. The number of rotatable bonds is 2. The summed E-state index contributed by atoms with van der Waals surface area (Å²) in [5.41, 5.74) is 2.44. The number of para-hydroxylation sites is 2. The van der Waals surface area contributed by atoms with Crippen LogP contribution in [0, 0.1) is 0 Å². The maximum absolute atomic E-state index is 12.7. The van der Waals surface area contributed by atoms with E-state index in [0.717, 1.165) is 36.2 Å². The molecule has 3 heterocycles. The van der Waals surface area contributed by atoms with Crippen LogP contribution in [0.15, 0.2) is 48.7 Å². The van der Waals surface area contributed by atoms with Gasteiger partial charge < -0.3 is 9.88 Å². The molecule has 110 valence electrons. The van der Waals surface area contributed by atoms with Crippen molar-refractivity contribution < 1.29 is 4.79 Å². The van der Waals surface area contributed by atoms with Crippen LogP contribution in [0.4, 0.5) is 0 Å². The van der Waals surface area contributed by atoms with E-state index in [-0.39, 0.29) is 11.9 Å². The summed E-state index contributed by atoms with van der Waals surface area (Å²) in [6, 6.07) is 13.4. The Labute approximate surface area is 128 Å². The van der Waals surface area contributed by atoms with E-state index in [2.05, 4.69) is 15.0 Å². The highest BCUT2D eigenvalue weighted by Crippen LogP contribution is 2.32.